The maximum absolute atomic E-state index is 9.40. The zero-order valence-electron chi connectivity index (χ0n) is 13.9. The van der Waals surface area contributed by atoms with E-state index in [4.69, 9.17) is 9.47 Å². The number of pyridine rings is 1. The Hall–Kier alpha value is -2.59. The average molecular weight is 323 g/mol. The van der Waals surface area contributed by atoms with Crippen molar-refractivity contribution in [2.75, 3.05) is 0 Å². The molecule has 0 spiro atoms. The fourth-order valence-electron chi connectivity index (χ4n) is 2.49. The lowest BCUT2D eigenvalue weighted by Gasteiger charge is -2.13. The maximum atomic E-state index is 9.40. The quantitative estimate of drug-likeness (QED) is 0.742. The third kappa shape index (κ3) is 4.03. The molecule has 0 saturated heterocycles. The Morgan fingerprint density at radius 2 is 1.79 bits per heavy atom. The molecule has 0 aliphatic rings. The number of aliphatic hydroxyl groups excluding tert-OH is 1. The van der Waals surface area contributed by atoms with Gasteiger partial charge in [-0.15, -0.1) is 0 Å². The van der Waals surface area contributed by atoms with Crippen molar-refractivity contribution in [3.05, 3.63) is 65.9 Å². The Labute approximate surface area is 141 Å². The first-order chi connectivity index (χ1) is 11.6. The second-order valence-corrected chi connectivity index (χ2v) is 5.92. The minimum Gasteiger partial charge on any atom is -0.491 e. The molecule has 4 nitrogen and oxygen atoms in total. The van der Waals surface area contributed by atoms with Gasteiger partial charge in [0, 0.05) is 11.5 Å². The van der Waals surface area contributed by atoms with Gasteiger partial charge in [-0.1, -0.05) is 24.3 Å². The van der Waals surface area contributed by atoms with Crippen molar-refractivity contribution in [3.8, 4) is 11.5 Å². The molecule has 0 bridgehead atoms. The number of benzene rings is 2. The highest BCUT2D eigenvalue weighted by atomic mass is 16.5. The van der Waals surface area contributed by atoms with Gasteiger partial charge in [-0.25, -0.2) is 4.98 Å². The van der Waals surface area contributed by atoms with Gasteiger partial charge in [-0.3, -0.25) is 0 Å². The predicted molar refractivity (Wildman–Crippen MR) is 94.2 cm³/mol. The summed E-state index contributed by atoms with van der Waals surface area (Å²) in [6.45, 7) is 4.23. The standard InChI is InChI=1S/C20H21NO3/c1-14(2)24-19-10-15(12-22)9-18(11-19)23-13-17-8-7-16-5-3-4-6-20(16)21-17/h3-11,14,22H,12-13H2,1-2H3. The molecular formula is C20H21NO3. The lowest BCUT2D eigenvalue weighted by Crippen LogP contribution is -2.06. The molecule has 1 aromatic heterocycles. The van der Waals surface area contributed by atoms with Crippen LogP contribution in [0.3, 0.4) is 0 Å². The van der Waals surface area contributed by atoms with Crippen LogP contribution in [0.4, 0.5) is 0 Å². The molecule has 0 aliphatic heterocycles. The zero-order chi connectivity index (χ0) is 16.9. The van der Waals surface area contributed by atoms with Gasteiger partial charge in [-0.2, -0.15) is 0 Å². The van der Waals surface area contributed by atoms with E-state index in [0.717, 1.165) is 22.2 Å². The summed E-state index contributed by atoms with van der Waals surface area (Å²) in [5.74, 6) is 1.35. The lowest BCUT2D eigenvalue weighted by atomic mass is 10.2. The molecule has 4 heteroatoms. The number of para-hydroxylation sites is 1. The van der Waals surface area contributed by atoms with Gasteiger partial charge in [0.05, 0.1) is 23.9 Å². The number of ether oxygens (including phenoxy) is 2. The summed E-state index contributed by atoms with van der Waals surface area (Å²) >= 11 is 0. The Morgan fingerprint density at radius 1 is 1.00 bits per heavy atom. The van der Waals surface area contributed by atoms with Crippen molar-refractivity contribution in [2.45, 2.75) is 33.2 Å². The fourth-order valence-corrected chi connectivity index (χ4v) is 2.49. The van der Waals surface area contributed by atoms with E-state index in [9.17, 15) is 5.11 Å². The first kappa shape index (κ1) is 16.3. The third-order valence-electron chi connectivity index (χ3n) is 3.54. The SMILES string of the molecule is CC(C)Oc1cc(CO)cc(OCc2ccc3ccccc3n2)c1. The van der Waals surface area contributed by atoms with Gasteiger partial charge in [0.2, 0.25) is 0 Å². The van der Waals surface area contributed by atoms with E-state index >= 15 is 0 Å². The number of fused-ring (bicyclic) bond motifs is 1. The monoisotopic (exact) mass is 323 g/mol. The second kappa shape index (κ2) is 7.32. The molecule has 3 aromatic rings. The molecule has 0 fully saturated rings. The van der Waals surface area contributed by atoms with Crippen LogP contribution in [-0.2, 0) is 13.2 Å². The Balaban J connectivity index is 1.77. The second-order valence-electron chi connectivity index (χ2n) is 5.92. The largest absolute Gasteiger partial charge is 0.491 e. The van der Waals surface area contributed by atoms with Gasteiger partial charge in [0.15, 0.2) is 0 Å². The van der Waals surface area contributed by atoms with Gasteiger partial charge < -0.3 is 14.6 Å². The molecule has 0 aliphatic carbocycles. The molecule has 0 radical (unpaired) electrons. The first-order valence-electron chi connectivity index (χ1n) is 8.03. The normalized spacial score (nSPS) is 11.0. The summed E-state index contributed by atoms with van der Waals surface area (Å²) in [5.41, 5.74) is 2.57. The predicted octanol–water partition coefficient (Wildman–Crippen LogP) is 4.09. The van der Waals surface area contributed by atoms with Crippen LogP contribution in [0.1, 0.15) is 25.1 Å². The maximum Gasteiger partial charge on any atom is 0.130 e. The molecular weight excluding hydrogens is 302 g/mol. The minimum absolute atomic E-state index is 0.0557. The highest BCUT2D eigenvalue weighted by Crippen LogP contribution is 2.25. The topological polar surface area (TPSA) is 51.6 Å². The van der Waals surface area contributed by atoms with Crippen molar-refractivity contribution in [1.82, 2.24) is 4.98 Å². The summed E-state index contributed by atoms with van der Waals surface area (Å²) in [6, 6.07) is 17.5. The van der Waals surface area contributed by atoms with E-state index in [2.05, 4.69) is 4.98 Å². The summed E-state index contributed by atoms with van der Waals surface area (Å²) in [6.07, 6.45) is 0.0638. The van der Waals surface area contributed by atoms with E-state index in [0.29, 0.717) is 18.1 Å². The number of nitrogens with zero attached hydrogens (tertiary/aromatic N) is 1. The van der Waals surface area contributed by atoms with E-state index in [-0.39, 0.29) is 12.7 Å². The lowest BCUT2D eigenvalue weighted by molar-refractivity contribution is 0.236. The van der Waals surface area contributed by atoms with Crippen LogP contribution in [0.15, 0.2) is 54.6 Å². The Kier molecular flexibility index (Phi) is 4.96. The van der Waals surface area contributed by atoms with Gasteiger partial charge in [0.25, 0.3) is 0 Å². The van der Waals surface area contributed by atoms with Crippen molar-refractivity contribution in [1.29, 1.82) is 0 Å². The molecule has 1 heterocycles. The van der Waals surface area contributed by atoms with Crippen molar-refractivity contribution in [3.63, 3.8) is 0 Å². The van der Waals surface area contributed by atoms with Crippen LogP contribution in [0, 0.1) is 0 Å². The first-order valence-corrected chi connectivity index (χ1v) is 8.03. The Morgan fingerprint density at radius 3 is 2.58 bits per heavy atom. The Bertz CT molecular complexity index is 830. The fraction of sp³-hybridized carbons (Fsp3) is 0.250. The van der Waals surface area contributed by atoms with Gasteiger partial charge in [-0.05, 0) is 43.7 Å². The van der Waals surface area contributed by atoms with Crippen LogP contribution < -0.4 is 9.47 Å². The molecule has 124 valence electrons. The number of rotatable bonds is 6. The van der Waals surface area contributed by atoms with Crippen molar-refractivity contribution < 1.29 is 14.6 Å². The van der Waals surface area contributed by atoms with Crippen LogP contribution in [0.5, 0.6) is 11.5 Å². The summed E-state index contributed by atoms with van der Waals surface area (Å²) in [4.78, 5) is 4.60. The highest BCUT2D eigenvalue weighted by molar-refractivity contribution is 5.78. The minimum atomic E-state index is -0.0557. The molecule has 0 unspecified atom stereocenters. The molecule has 3 rings (SSSR count). The number of hydrogen-bond donors (Lipinski definition) is 1. The number of hydrogen-bond acceptors (Lipinski definition) is 4. The van der Waals surface area contributed by atoms with Crippen LogP contribution in [0.2, 0.25) is 0 Å². The van der Waals surface area contributed by atoms with Gasteiger partial charge in [0.1, 0.15) is 18.1 Å². The number of aliphatic hydroxyl groups is 1. The van der Waals surface area contributed by atoms with E-state index in [1.807, 2.05) is 68.4 Å². The summed E-state index contributed by atoms with van der Waals surface area (Å²) < 4.78 is 11.6. The molecule has 0 atom stereocenters. The molecule has 2 aromatic carbocycles. The molecule has 24 heavy (non-hydrogen) atoms. The molecule has 0 saturated carbocycles. The van der Waals surface area contributed by atoms with Crippen LogP contribution >= 0.6 is 0 Å². The zero-order valence-corrected chi connectivity index (χ0v) is 13.9. The number of aromatic nitrogens is 1. The molecule has 1 N–H and O–H groups in total. The van der Waals surface area contributed by atoms with E-state index < -0.39 is 0 Å². The van der Waals surface area contributed by atoms with Gasteiger partial charge >= 0.3 is 0 Å². The van der Waals surface area contributed by atoms with Crippen LogP contribution in [0.25, 0.3) is 10.9 Å². The van der Waals surface area contributed by atoms with Crippen molar-refractivity contribution in [2.24, 2.45) is 0 Å². The molecule has 0 amide bonds. The van der Waals surface area contributed by atoms with E-state index in [1.54, 1.807) is 0 Å². The third-order valence-corrected chi connectivity index (χ3v) is 3.54. The van der Waals surface area contributed by atoms with E-state index in [1.165, 1.54) is 0 Å². The highest BCUT2D eigenvalue weighted by Gasteiger charge is 2.06. The smallest absolute Gasteiger partial charge is 0.130 e. The summed E-state index contributed by atoms with van der Waals surface area (Å²) in [5, 5.41) is 10.5. The summed E-state index contributed by atoms with van der Waals surface area (Å²) in [7, 11) is 0. The van der Waals surface area contributed by atoms with Crippen LogP contribution in [-0.4, -0.2) is 16.2 Å². The van der Waals surface area contributed by atoms with Crippen molar-refractivity contribution >= 4 is 10.9 Å². The average Bonchev–Trinajstić information content (AvgIpc) is 2.59.